The highest BCUT2D eigenvalue weighted by atomic mass is 35.5. The van der Waals surface area contributed by atoms with E-state index in [1.54, 1.807) is 42.5 Å². The first-order chi connectivity index (χ1) is 15.9. The van der Waals surface area contributed by atoms with E-state index in [9.17, 15) is 20.0 Å². The number of nitro groups is 1. The van der Waals surface area contributed by atoms with E-state index < -0.39 is 16.9 Å². The van der Waals surface area contributed by atoms with Gasteiger partial charge in [0.1, 0.15) is 17.0 Å². The first kappa shape index (κ1) is 22.0. The minimum atomic E-state index is -0.941. The molecule has 1 aromatic heterocycles. The van der Waals surface area contributed by atoms with Crippen LogP contribution < -0.4 is 10.1 Å². The zero-order valence-corrected chi connectivity index (χ0v) is 18.1. The summed E-state index contributed by atoms with van der Waals surface area (Å²) >= 11 is 6.45. The number of nitro benzene ring substituents is 1. The number of nitrogens with zero attached hydrogens (tertiary/aromatic N) is 2. The number of nitrogens with one attached hydrogen (secondary N) is 1. The van der Waals surface area contributed by atoms with Crippen molar-refractivity contribution in [3.63, 3.8) is 0 Å². The molecule has 0 bridgehead atoms. The van der Waals surface area contributed by atoms with Crippen molar-refractivity contribution in [2.45, 2.75) is 6.04 Å². The second kappa shape index (κ2) is 9.13. The summed E-state index contributed by atoms with van der Waals surface area (Å²) in [5, 5.41) is 26.1. The van der Waals surface area contributed by atoms with Crippen LogP contribution >= 0.6 is 11.6 Å². The molecule has 4 aromatic rings. The molecule has 0 radical (unpaired) electrons. The molecule has 1 amide bonds. The Hall–Kier alpha value is -4.17. The number of ether oxygens (including phenoxy) is 1. The van der Waals surface area contributed by atoms with Crippen LogP contribution in [0.15, 0.2) is 72.9 Å². The quantitative estimate of drug-likeness (QED) is 0.306. The van der Waals surface area contributed by atoms with Crippen molar-refractivity contribution in [3.8, 4) is 11.5 Å². The van der Waals surface area contributed by atoms with Gasteiger partial charge in [-0.05, 0) is 48.0 Å². The van der Waals surface area contributed by atoms with E-state index in [-0.39, 0.29) is 22.5 Å². The topological polar surface area (TPSA) is 115 Å². The SMILES string of the molecule is COc1ccc(C(=O)NC(c2cccc([N+](=O)[O-])c2)c2cc(Cl)c3cccnc3c2O)cc1. The number of aromatic hydroxyl groups is 1. The van der Waals surface area contributed by atoms with Crippen LogP contribution in [0.5, 0.6) is 11.5 Å². The highest BCUT2D eigenvalue weighted by molar-refractivity contribution is 6.35. The Morgan fingerprint density at radius 2 is 1.91 bits per heavy atom. The number of hydrogen-bond donors (Lipinski definition) is 2. The molecule has 8 nitrogen and oxygen atoms in total. The van der Waals surface area contributed by atoms with E-state index in [0.29, 0.717) is 27.3 Å². The molecule has 33 heavy (non-hydrogen) atoms. The highest BCUT2D eigenvalue weighted by Crippen LogP contribution is 2.39. The molecule has 0 fully saturated rings. The first-order valence-corrected chi connectivity index (χ1v) is 10.2. The second-order valence-corrected chi connectivity index (χ2v) is 7.59. The summed E-state index contributed by atoms with van der Waals surface area (Å²) in [6.45, 7) is 0. The van der Waals surface area contributed by atoms with Gasteiger partial charge in [-0.2, -0.15) is 0 Å². The minimum Gasteiger partial charge on any atom is -0.505 e. The Kier molecular flexibility index (Phi) is 6.10. The van der Waals surface area contributed by atoms with Gasteiger partial charge in [-0.15, -0.1) is 0 Å². The standard InChI is InChI=1S/C24H18ClN3O5/c1-33-17-9-7-14(8-10-17)24(30)27-21(15-4-2-5-16(12-15)28(31)32)19-13-20(25)18-6-3-11-26-22(18)23(19)29/h2-13,21,29H,1H3,(H,27,30). The molecular formula is C24H18ClN3O5. The third-order valence-corrected chi connectivity index (χ3v) is 5.51. The molecule has 2 N–H and O–H groups in total. The van der Waals surface area contributed by atoms with E-state index in [4.69, 9.17) is 16.3 Å². The summed E-state index contributed by atoms with van der Waals surface area (Å²) in [7, 11) is 1.52. The Labute approximate surface area is 193 Å². The number of rotatable bonds is 6. The molecule has 0 aliphatic rings. The van der Waals surface area contributed by atoms with Crippen molar-refractivity contribution in [2.24, 2.45) is 0 Å². The number of carbonyl (C=O) groups is 1. The third-order valence-electron chi connectivity index (χ3n) is 5.20. The summed E-state index contributed by atoms with van der Waals surface area (Å²) in [4.78, 5) is 28.1. The lowest BCUT2D eigenvalue weighted by Crippen LogP contribution is -2.29. The van der Waals surface area contributed by atoms with E-state index in [2.05, 4.69) is 10.3 Å². The Morgan fingerprint density at radius 3 is 2.61 bits per heavy atom. The summed E-state index contributed by atoms with van der Waals surface area (Å²) in [5.41, 5.74) is 1.10. The van der Waals surface area contributed by atoms with Crippen LogP contribution in [0.25, 0.3) is 10.9 Å². The van der Waals surface area contributed by atoms with Gasteiger partial charge in [0.15, 0.2) is 0 Å². The Balaban J connectivity index is 1.84. The van der Waals surface area contributed by atoms with Crippen LogP contribution in [-0.4, -0.2) is 28.0 Å². The lowest BCUT2D eigenvalue weighted by atomic mass is 9.95. The number of non-ortho nitro benzene ring substituents is 1. The van der Waals surface area contributed by atoms with Crippen molar-refractivity contribution >= 4 is 34.1 Å². The minimum absolute atomic E-state index is 0.152. The lowest BCUT2D eigenvalue weighted by Gasteiger charge is -2.22. The number of benzene rings is 3. The van der Waals surface area contributed by atoms with Gasteiger partial charge in [-0.25, -0.2) is 0 Å². The number of amides is 1. The number of hydrogen-bond acceptors (Lipinski definition) is 6. The molecule has 0 aliphatic heterocycles. The number of aromatic nitrogens is 1. The van der Waals surface area contributed by atoms with Gasteiger partial charge in [0.05, 0.1) is 23.1 Å². The van der Waals surface area contributed by atoms with E-state index in [1.807, 2.05) is 0 Å². The molecule has 0 saturated heterocycles. The molecule has 0 spiro atoms. The van der Waals surface area contributed by atoms with Crippen LogP contribution in [0.1, 0.15) is 27.5 Å². The number of phenols is 1. The monoisotopic (exact) mass is 463 g/mol. The average Bonchev–Trinajstić information content (AvgIpc) is 2.85. The number of methoxy groups -OCH3 is 1. The fourth-order valence-corrected chi connectivity index (χ4v) is 3.81. The van der Waals surface area contributed by atoms with E-state index in [0.717, 1.165) is 0 Å². The molecule has 0 saturated carbocycles. The van der Waals surface area contributed by atoms with Gasteiger partial charge in [-0.3, -0.25) is 19.9 Å². The predicted molar refractivity (Wildman–Crippen MR) is 124 cm³/mol. The second-order valence-electron chi connectivity index (χ2n) is 7.18. The van der Waals surface area contributed by atoms with E-state index >= 15 is 0 Å². The molecule has 1 unspecified atom stereocenters. The highest BCUT2D eigenvalue weighted by Gasteiger charge is 2.25. The fourth-order valence-electron chi connectivity index (χ4n) is 3.54. The van der Waals surface area contributed by atoms with Gasteiger partial charge < -0.3 is 15.2 Å². The molecule has 166 valence electrons. The van der Waals surface area contributed by atoms with Gasteiger partial charge >= 0.3 is 0 Å². The number of halogens is 1. The van der Waals surface area contributed by atoms with Gasteiger partial charge in [0.25, 0.3) is 11.6 Å². The third kappa shape index (κ3) is 4.42. The van der Waals surface area contributed by atoms with Crippen molar-refractivity contribution in [1.82, 2.24) is 10.3 Å². The van der Waals surface area contributed by atoms with Crippen molar-refractivity contribution in [3.05, 3.63) is 105 Å². The van der Waals surface area contributed by atoms with Crippen molar-refractivity contribution < 1.29 is 19.6 Å². The summed E-state index contributed by atoms with van der Waals surface area (Å²) in [6, 6.07) is 16.3. The molecule has 9 heteroatoms. The van der Waals surface area contributed by atoms with Crippen LogP contribution in [0.2, 0.25) is 5.02 Å². The largest absolute Gasteiger partial charge is 0.505 e. The summed E-state index contributed by atoms with van der Waals surface area (Å²) in [5.74, 6) is -0.0425. The zero-order valence-electron chi connectivity index (χ0n) is 17.4. The predicted octanol–water partition coefficient (Wildman–Crippen LogP) is 5.03. The fraction of sp³-hybridized carbons (Fsp3) is 0.0833. The molecule has 3 aromatic carbocycles. The van der Waals surface area contributed by atoms with Gasteiger partial charge in [0, 0.05) is 34.8 Å². The lowest BCUT2D eigenvalue weighted by molar-refractivity contribution is -0.384. The number of pyridine rings is 1. The maximum absolute atomic E-state index is 13.1. The maximum atomic E-state index is 13.1. The summed E-state index contributed by atoms with van der Waals surface area (Å²) < 4.78 is 5.12. The van der Waals surface area contributed by atoms with E-state index in [1.165, 1.54) is 37.6 Å². The van der Waals surface area contributed by atoms with Crippen LogP contribution in [0, 0.1) is 10.1 Å². The van der Waals surface area contributed by atoms with Crippen LogP contribution in [0.3, 0.4) is 0 Å². The molecule has 0 aliphatic carbocycles. The first-order valence-electron chi connectivity index (χ1n) is 9.84. The number of carbonyl (C=O) groups excluding carboxylic acids is 1. The average molecular weight is 464 g/mol. The number of fused-ring (bicyclic) bond motifs is 1. The smallest absolute Gasteiger partial charge is 0.269 e. The zero-order chi connectivity index (χ0) is 23.5. The molecule has 1 heterocycles. The van der Waals surface area contributed by atoms with Crippen molar-refractivity contribution in [2.75, 3.05) is 7.11 Å². The van der Waals surface area contributed by atoms with Gasteiger partial charge in [0.2, 0.25) is 0 Å². The maximum Gasteiger partial charge on any atom is 0.269 e. The number of phenolic OH excluding ortho intramolecular Hbond substituents is 1. The molecule has 4 rings (SSSR count). The van der Waals surface area contributed by atoms with Crippen LogP contribution in [0.4, 0.5) is 5.69 Å². The Morgan fingerprint density at radius 1 is 1.15 bits per heavy atom. The molecule has 1 atom stereocenters. The van der Waals surface area contributed by atoms with Gasteiger partial charge in [-0.1, -0.05) is 23.7 Å². The normalized spacial score (nSPS) is 11.7. The summed E-state index contributed by atoms with van der Waals surface area (Å²) in [6.07, 6.45) is 1.51. The molecular weight excluding hydrogens is 446 g/mol. The van der Waals surface area contributed by atoms with Crippen molar-refractivity contribution in [1.29, 1.82) is 0 Å². The Bertz CT molecular complexity index is 1360. The van der Waals surface area contributed by atoms with Crippen LogP contribution in [-0.2, 0) is 0 Å².